The average molecular weight is 409 g/mol. The first kappa shape index (κ1) is 18.9. The van der Waals surface area contributed by atoms with Crippen LogP contribution < -0.4 is 5.32 Å². The number of nitrogens with one attached hydrogen (secondary N) is 1. The average Bonchev–Trinajstić information content (AvgIpc) is 3.12. The number of amides is 1. The first-order chi connectivity index (χ1) is 15.0. The molecule has 1 aliphatic rings. The Labute approximate surface area is 178 Å². The van der Waals surface area contributed by atoms with Gasteiger partial charge in [-0.15, -0.1) is 0 Å². The summed E-state index contributed by atoms with van der Waals surface area (Å²) in [5.41, 5.74) is 4.78. The van der Waals surface area contributed by atoms with Crippen molar-refractivity contribution in [3.63, 3.8) is 0 Å². The Balaban J connectivity index is 1.54. The second-order valence-corrected chi connectivity index (χ2v) is 7.53. The van der Waals surface area contributed by atoms with Crippen LogP contribution in [-0.2, 0) is 6.42 Å². The largest absolute Gasteiger partial charge is 0.321 e. The van der Waals surface area contributed by atoms with E-state index in [1.54, 1.807) is 60.8 Å². The molecule has 1 N–H and O–H groups in total. The number of hydrogen-bond acceptors (Lipinski definition) is 4. The molecule has 6 nitrogen and oxygen atoms in total. The van der Waals surface area contributed by atoms with Crippen molar-refractivity contribution in [3.8, 4) is 0 Å². The van der Waals surface area contributed by atoms with E-state index in [0.717, 1.165) is 23.5 Å². The monoisotopic (exact) mass is 409 g/mol. The summed E-state index contributed by atoms with van der Waals surface area (Å²) < 4.78 is 1.89. The molecule has 2 heterocycles. The third-order valence-corrected chi connectivity index (χ3v) is 5.75. The Morgan fingerprint density at radius 3 is 2.39 bits per heavy atom. The third kappa shape index (κ3) is 2.87. The van der Waals surface area contributed by atoms with E-state index in [1.165, 1.54) is 0 Å². The molecule has 0 saturated carbocycles. The fourth-order valence-electron chi connectivity index (χ4n) is 4.12. The van der Waals surface area contributed by atoms with E-state index in [2.05, 4.69) is 10.3 Å². The molecule has 6 heteroatoms. The molecular weight excluding hydrogens is 390 g/mol. The minimum atomic E-state index is -0.361. The number of pyridine rings is 1. The molecule has 2 aromatic heterocycles. The number of fused-ring (bicyclic) bond motifs is 3. The van der Waals surface area contributed by atoms with Crippen LogP contribution in [0.25, 0.3) is 5.65 Å². The van der Waals surface area contributed by atoms with Crippen molar-refractivity contribution in [1.29, 1.82) is 0 Å². The number of imidazole rings is 1. The number of rotatable bonds is 3. The van der Waals surface area contributed by atoms with Crippen molar-refractivity contribution < 1.29 is 14.4 Å². The van der Waals surface area contributed by atoms with Crippen molar-refractivity contribution in [2.75, 3.05) is 5.32 Å². The van der Waals surface area contributed by atoms with Crippen molar-refractivity contribution in [2.24, 2.45) is 0 Å². The molecule has 4 aromatic rings. The van der Waals surface area contributed by atoms with Gasteiger partial charge in [0.2, 0.25) is 0 Å². The third-order valence-electron chi connectivity index (χ3n) is 5.75. The van der Waals surface area contributed by atoms with Gasteiger partial charge in [0.1, 0.15) is 5.65 Å². The number of benzene rings is 2. The number of aryl methyl sites for hydroxylation is 2. The van der Waals surface area contributed by atoms with Crippen LogP contribution in [-0.4, -0.2) is 26.9 Å². The van der Waals surface area contributed by atoms with E-state index < -0.39 is 0 Å². The van der Waals surface area contributed by atoms with Crippen molar-refractivity contribution in [2.45, 2.75) is 20.3 Å². The van der Waals surface area contributed by atoms with Crippen LogP contribution in [0.4, 0.5) is 5.69 Å². The van der Waals surface area contributed by atoms with Gasteiger partial charge in [-0.2, -0.15) is 0 Å². The maximum absolute atomic E-state index is 13.1. The minimum Gasteiger partial charge on any atom is -0.321 e. The van der Waals surface area contributed by atoms with Crippen LogP contribution in [0.5, 0.6) is 0 Å². The van der Waals surface area contributed by atoms with E-state index in [1.807, 2.05) is 18.2 Å². The number of aromatic nitrogens is 2. The van der Waals surface area contributed by atoms with E-state index in [9.17, 15) is 14.4 Å². The summed E-state index contributed by atoms with van der Waals surface area (Å²) in [6, 6.07) is 15.2. The van der Waals surface area contributed by atoms with Crippen LogP contribution in [0.15, 0.2) is 60.8 Å². The van der Waals surface area contributed by atoms with Gasteiger partial charge in [-0.3, -0.25) is 14.4 Å². The molecule has 0 aliphatic heterocycles. The van der Waals surface area contributed by atoms with Gasteiger partial charge in [0.25, 0.3) is 5.91 Å². The van der Waals surface area contributed by atoms with Crippen LogP contribution in [0, 0.1) is 6.92 Å². The van der Waals surface area contributed by atoms with Gasteiger partial charge < -0.3 is 9.72 Å². The topological polar surface area (TPSA) is 80.5 Å². The molecule has 0 saturated heterocycles. The lowest BCUT2D eigenvalue weighted by molar-refractivity contribution is 0.0978. The Kier molecular flexibility index (Phi) is 4.29. The number of nitrogens with zero attached hydrogens (tertiary/aromatic N) is 2. The fraction of sp³-hybridized carbons (Fsp3) is 0.120. The molecule has 0 unspecified atom stereocenters. The summed E-state index contributed by atoms with van der Waals surface area (Å²) >= 11 is 0. The van der Waals surface area contributed by atoms with Gasteiger partial charge in [-0.05, 0) is 31.5 Å². The van der Waals surface area contributed by atoms with Crippen molar-refractivity contribution >= 4 is 28.8 Å². The first-order valence-electron chi connectivity index (χ1n) is 10.1. The highest BCUT2D eigenvalue weighted by molar-refractivity contribution is 6.30. The predicted octanol–water partition coefficient (Wildman–Crippen LogP) is 4.23. The smallest absolute Gasteiger partial charge is 0.257 e. The van der Waals surface area contributed by atoms with Gasteiger partial charge in [-0.25, -0.2) is 4.98 Å². The molecule has 2 aromatic carbocycles. The standard InChI is InChI=1S/C25H19N3O3/c1-3-19-14(2)28-13-15(11-12-21(28)26-19)25(31)27-20-10-6-9-18-22(20)24(30)17-8-5-4-7-16(17)23(18)29/h4-13H,3H2,1-2H3,(H,27,31). The number of carbonyl (C=O) groups is 3. The zero-order valence-electron chi connectivity index (χ0n) is 17.1. The van der Waals surface area contributed by atoms with Gasteiger partial charge in [0.05, 0.1) is 22.5 Å². The van der Waals surface area contributed by atoms with Crippen LogP contribution in [0.2, 0.25) is 0 Å². The SMILES string of the molecule is CCc1nc2ccc(C(=O)Nc3cccc4c3C(=O)c3ccccc3C4=O)cn2c1C. The van der Waals surface area contributed by atoms with E-state index in [-0.39, 0.29) is 23.0 Å². The normalized spacial score (nSPS) is 12.6. The highest BCUT2D eigenvalue weighted by Crippen LogP contribution is 2.32. The Morgan fingerprint density at radius 2 is 1.65 bits per heavy atom. The van der Waals surface area contributed by atoms with Crippen LogP contribution in [0.3, 0.4) is 0 Å². The molecule has 1 aliphatic carbocycles. The van der Waals surface area contributed by atoms with Crippen LogP contribution >= 0.6 is 0 Å². The molecule has 0 atom stereocenters. The highest BCUT2D eigenvalue weighted by Gasteiger charge is 2.31. The van der Waals surface area contributed by atoms with Gasteiger partial charge >= 0.3 is 0 Å². The van der Waals surface area contributed by atoms with Crippen molar-refractivity contribution in [1.82, 2.24) is 9.38 Å². The highest BCUT2D eigenvalue weighted by atomic mass is 16.2. The lowest BCUT2D eigenvalue weighted by atomic mass is 9.83. The summed E-state index contributed by atoms with van der Waals surface area (Å²) in [5.74, 6) is -0.848. The Hall–Kier alpha value is -4.06. The molecule has 0 spiro atoms. The molecule has 0 radical (unpaired) electrons. The summed E-state index contributed by atoms with van der Waals surface area (Å²) in [5, 5.41) is 2.83. The summed E-state index contributed by atoms with van der Waals surface area (Å²) in [4.78, 5) is 43.6. The quantitative estimate of drug-likeness (QED) is 0.483. The lowest BCUT2D eigenvalue weighted by Crippen LogP contribution is -2.24. The summed E-state index contributed by atoms with van der Waals surface area (Å²) in [6.07, 6.45) is 2.55. The summed E-state index contributed by atoms with van der Waals surface area (Å²) in [6.45, 7) is 4.01. The summed E-state index contributed by atoms with van der Waals surface area (Å²) in [7, 11) is 0. The second kappa shape index (κ2) is 7.02. The van der Waals surface area contributed by atoms with E-state index >= 15 is 0 Å². The molecule has 31 heavy (non-hydrogen) atoms. The number of hydrogen-bond donors (Lipinski definition) is 1. The fourth-order valence-corrected chi connectivity index (χ4v) is 4.12. The van der Waals surface area contributed by atoms with E-state index in [0.29, 0.717) is 27.9 Å². The maximum atomic E-state index is 13.1. The van der Waals surface area contributed by atoms with Crippen LogP contribution in [0.1, 0.15) is 60.5 Å². The lowest BCUT2D eigenvalue weighted by Gasteiger charge is -2.20. The molecule has 5 rings (SSSR count). The minimum absolute atomic E-state index is 0.219. The molecule has 0 bridgehead atoms. The first-order valence-corrected chi connectivity index (χ1v) is 10.1. The van der Waals surface area contributed by atoms with Gasteiger partial charge in [0, 0.05) is 28.6 Å². The van der Waals surface area contributed by atoms with Crippen molar-refractivity contribution in [3.05, 3.63) is 100.0 Å². The van der Waals surface area contributed by atoms with Gasteiger partial charge in [-0.1, -0.05) is 43.3 Å². The molecule has 152 valence electrons. The Morgan fingerprint density at radius 1 is 0.935 bits per heavy atom. The molecule has 1 amide bonds. The van der Waals surface area contributed by atoms with Gasteiger partial charge in [0.15, 0.2) is 11.6 Å². The zero-order valence-corrected chi connectivity index (χ0v) is 17.1. The zero-order chi connectivity index (χ0) is 21.7. The number of carbonyl (C=O) groups excluding carboxylic acids is 3. The Bertz CT molecular complexity index is 1420. The maximum Gasteiger partial charge on any atom is 0.257 e. The predicted molar refractivity (Wildman–Crippen MR) is 117 cm³/mol. The van der Waals surface area contributed by atoms with E-state index in [4.69, 9.17) is 0 Å². The molecule has 0 fully saturated rings. The number of ketones is 2. The number of anilines is 1. The molecular formula is C25H19N3O3. The second-order valence-electron chi connectivity index (χ2n) is 7.53.